The van der Waals surface area contributed by atoms with Crippen LogP contribution in [0.25, 0.3) is 117 Å². The van der Waals surface area contributed by atoms with Crippen LogP contribution in [-0.4, -0.2) is 19.5 Å². The molecule has 0 amide bonds. The standard InChI is InChI=1S/C57H36N4O/c1-4-16-37(17-5-1)39-30-32-40(33-31-39)45-26-15-27-48-49-35-44(61-51-28-12-10-24-46(51)47-25-11-13-29-52(47)61)36-50(54(49)62-53(45)48)57-59-55(41-20-8-3-9-21-41)58-56(60-57)43-23-14-22-42(34-43)38-18-6-2-7-19-38/h1-36H/i3D,8D,9D,20D,21D. The largest absolute Gasteiger partial charge is 0.455 e. The molecule has 0 N–H and O–H groups in total. The van der Waals surface area contributed by atoms with Gasteiger partial charge in [-0.3, -0.25) is 0 Å². The minimum Gasteiger partial charge on any atom is -0.455 e. The zero-order chi connectivity index (χ0) is 45.3. The highest BCUT2D eigenvalue weighted by atomic mass is 16.3. The maximum atomic E-state index is 9.03. The Morgan fingerprint density at radius 2 is 0.871 bits per heavy atom. The van der Waals surface area contributed by atoms with E-state index in [2.05, 4.69) is 83.4 Å². The third kappa shape index (κ3) is 6.06. The number of aromatic nitrogens is 4. The molecule has 3 heterocycles. The van der Waals surface area contributed by atoms with E-state index < -0.39 is 30.2 Å². The smallest absolute Gasteiger partial charge is 0.167 e. The van der Waals surface area contributed by atoms with Gasteiger partial charge in [-0.05, 0) is 58.1 Å². The van der Waals surface area contributed by atoms with E-state index >= 15 is 0 Å². The number of hydrogen-bond acceptors (Lipinski definition) is 4. The van der Waals surface area contributed by atoms with Crippen LogP contribution in [0.2, 0.25) is 0 Å². The van der Waals surface area contributed by atoms with Gasteiger partial charge in [-0.25, -0.2) is 15.0 Å². The predicted octanol–water partition coefficient (Wildman–Crippen LogP) is 14.9. The summed E-state index contributed by atoms with van der Waals surface area (Å²) in [6, 6.07) is 61.2. The molecule has 0 fully saturated rings. The zero-order valence-corrected chi connectivity index (χ0v) is 33.1. The third-order valence-corrected chi connectivity index (χ3v) is 11.6. The summed E-state index contributed by atoms with van der Waals surface area (Å²) in [5, 5.41) is 3.91. The fraction of sp³-hybridized carbons (Fsp3) is 0. The van der Waals surface area contributed by atoms with Gasteiger partial charge in [-0.1, -0.05) is 188 Å². The van der Waals surface area contributed by atoms with Crippen LogP contribution in [0, 0.1) is 0 Å². The fourth-order valence-electron chi connectivity index (χ4n) is 8.65. The van der Waals surface area contributed by atoms with E-state index in [9.17, 15) is 0 Å². The molecule has 0 saturated carbocycles. The van der Waals surface area contributed by atoms with E-state index in [4.69, 9.17) is 26.2 Å². The number of fused-ring (bicyclic) bond motifs is 6. The molecule has 0 bridgehead atoms. The monoisotopic (exact) mass is 797 g/mol. The molecule has 0 spiro atoms. The first-order valence-corrected chi connectivity index (χ1v) is 20.4. The molecule has 5 heteroatoms. The lowest BCUT2D eigenvalue weighted by Gasteiger charge is -2.13. The van der Waals surface area contributed by atoms with Crippen molar-refractivity contribution in [2.75, 3.05) is 0 Å². The number of nitrogens with zero attached hydrogens (tertiary/aromatic N) is 4. The molecule has 5 nitrogen and oxygen atoms in total. The third-order valence-electron chi connectivity index (χ3n) is 11.6. The molecule has 62 heavy (non-hydrogen) atoms. The molecule has 9 aromatic carbocycles. The number of rotatable bonds is 7. The lowest BCUT2D eigenvalue weighted by atomic mass is 9.98. The van der Waals surface area contributed by atoms with E-state index in [1.165, 1.54) is 0 Å². The molecule has 0 aliphatic carbocycles. The van der Waals surface area contributed by atoms with E-state index in [0.29, 0.717) is 22.3 Å². The van der Waals surface area contributed by atoms with Gasteiger partial charge < -0.3 is 8.98 Å². The van der Waals surface area contributed by atoms with E-state index in [1.807, 2.05) is 109 Å². The van der Waals surface area contributed by atoms with Crippen LogP contribution in [-0.2, 0) is 0 Å². The Labute approximate surface area is 364 Å². The Balaban J connectivity index is 1.16. The normalized spacial score (nSPS) is 12.7. The fourth-order valence-corrected chi connectivity index (χ4v) is 8.65. The van der Waals surface area contributed by atoms with Gasteiger partial charge in [0.05, 0.1) is 23.5 Å². The van der Waals surface area contributed by atoms with Crippen molar-refractivity contribution in [3.63, 3.8) is 0 Å². The highest BCUT2D eigenvalue weighted by Crippen LogP contribution is 2.43. The summed E-state index contributed by atoms with van der Waals surface area (Å²) in [5.41, 5.74) is 11.2. The molecule has 12 rings (SSSR count). The molecular formula is C57H36N4O. The van der Waals surface area contributed by atoms with Gasteiger partial charge in [0.1, 0.15) is 11.2 Å². The highest BCUT2D eigenvalue weighted by Gasteiger charge is 2.23. The first kappa shape index (κ1) is 30.6. The molecule has 0 unspecified atom stereocenters. The molecular weight excluding hydrogens is 757 g/mol. The second-order valence-electron chi connectivity index (χ2n) is 15.2. The number of benzene rings is 9. The number of para-hydroxylation sites is 3. The van der Waals surface area contributed by atoms with Crippen molar-refractivity contribution >= 4 is 43.7 Å². The van der Waals surface area contributed by atoms with Crippen LogP contribution in [0.1, 0.15) is 6.85 Å². The Morgan fingerprint density at radius 1 is 0.355 bits per heavy atom. The van der Waals surface area contributed by atoms with Gasteiger partial charge in [0.25, 0.3) is 0 Å². The average Bonchev–Trinajstić information content (AvgIpc) is 3.94. The summed E-state index contributed by atoms with van der Waals surface area (Å²) in [7, 11) is 0. The lowest BCUT2D eigenvalue weighted by Crippen LogP contribution is -2.01. The summed E-state index contributed by atoms with van der Waals surface area (Å²) in [5.74, 6) is 0.403. The van der Waals surface area contributed by atoms with Crippen molar-refractivity contribution in [3.05, 3.63) is 218 Å². The van der Waals surface area contributed by atoms with Crippen molar-refractivity contribution in [2.24, 2.45) is 0 Å². The minimum absolute atomic E-state index is 0.0622. The molecule has 0 aliphatic rings. The van der Waals surface area contributed by atoms with Gasteiger partial charge in [0.2, 0.25) is 0 Å². The van der Waals surface area contributed by atoms with Crippen molar-refractivity contribution in [1.29, 1.82) is 0 Å². The van der Waals surface area contributed by atoms with E-state index in [0.717, 1.165) is 71.6 Å². The summed E-state index contributed by atoms with van der Waals surface area (Å²) in [6.45, 7) is 0. The van der Waals surface area contributed by atoms with Crippen molar-refractivity contribution < 1.29 is 11.3 Å². The van der Waals surface area contributed by atoms with Crippen LogP contribution >= 0.6 is 0 Å². The summed E-state index contributed by atoms with van der Waals surface area (Å²) in [6.07, 6.45) is 0. The van der Waals surface area contributed by atoms with Gasteiger partial charge in [0.15, 0.2) is 17.5 Å². The summed E-state index contributed by atoms with van der Waals surface area (Å²) in [4.78, 5) is 15.1. The van der Waals surface area contributed by atoms with E-state index in [-0.39, 0.29) is 23.0 Å². The molecule has 0 atom stereocenters. The molecule has 0 aliphatic heterocycles. The molecule has 12 aromatic rings. The van der Waals surface area contributed by atoms with Gasteiger partial charge in [-0.15, -0.1) is 0 Å². The van der Waals surface area contributed by atoms with Crippen LogP contribution in [0.4, 0.5) is 0 Å². The van der Waals surface area contributed by atoms with Crippen molar-refractivity contribution in [3.8, 4) is 73.2 Å². The topological polar surface area (TPSA) is 56.7 Å². The van der Waals surface area contributed by atoms with Crippen LogP contribution in [0.5, 0.6) is 0 Å². The summed E-state index contributed by atoms with van der Waals surface area (Å²) < 4.78 is 53.0. The Morgan fingerprint density at radius 3 is 1.58 bits per heavy atom. The molecule has 3 aromatic heterocycles. The number of furan rings is 1. The van der Waals surface area contributed by atoms with Crippen LogP contribution in [0.15, 0.2) is 223 Å². The van der Waals surface area contributed by atoms with Crippen molar-refractivity contribution in [2.45, 2.75) is 0 Å². The molecule has 0 saturated heterocycles. The SMILES string of the molecule is [2H]c1c([2H])c([2H])c(-c2nc(-c3cccc(-c4ccccc4)c3)nc(-c3cc(-n4c5ccccc5c5ccccc54)cc4c3oc3c(-c5ccc(-c6ccccc6)cc5)cccc34)n2)c([2H])c1[2H]. The number of hydrogen-bond donors (Lipinski definition) is 0. The first-order valence-electron chi connectivity index (χ1n) is 22.9. The Hall–Kier alpha value is -8.41. The second-order valence-corrected chi connectivity index (χ2v) is 15.2. The maximum absolute atomic E-state index is 9.03. The minimum atomic E-state index is -0.503. The Kier molecular flexibility index (Phi) is 7.25. The van der Waals surface area contributed by atoms with Crippen LogP contribution < -0.4 is 0 Å². The highest BCUT2D eigenvalue weighted by molar-refractivity contribution is 6.15. The predicted molar refractivity (Wildman–Crippen MR) is 254 cm³/mol. The lowest BCUT2D eigenvalue weighted by molar-refractivity contribution is 0.670. The first-order chi connectivity index (χ1) is 32.8. The second kappa shape index (κ2) is 14.7. The van der Waals surface area contributed by atoms with Gasteiger partial charge >= 0.3 is 0 Å². The van der Waals surface area contributed by atoms with Crippen molar-refractivity contribution in [1.82, 2.24) is 19.5 Å². The zero-order valence-electron chi connectivity index (χ0n) is 38.1. The maximum Gasteiger partial charge on any atom is 0.167 e. The molecule has 0 radical (unpaired) electrons. The Bertz CT molecular complexity index is 3840. The van der Waals surface area contributed by atoms with Gasteiger partial charge in [-0.2, -0.15) is 0 Å². The van der Waals surface area contributed by atoms with E-state index in [1.54, 1.807) is 0 Å². The summed E-state index contributed by atoms with van der Waals surface area (Å²) >= 11 is 0. The van der Waals surface area contributed by atoms with Crippen LogP contribution in [0.3, 0.4) is 0 Å². The molecule has 290 valence electrons. The quantitative estimate of drug-likeness (QED) is 0.161. The average molecular weight is 798 g/mol. The van der Waals surface area contributed by atoms with Gasteiger partial charge in [0, 0.05) is 43.9 Å².